The van der Waals surface area contributed by atoms with Gasteiger partial charge < -0.3 is 15.0 Å². The predicted octanol–water partition coefficient (Wildman–Crippen LogP) is 0.110. The smallest absolute Gasteiger partial charge is 0.262 e. The number of nitrogens with one attached hydrogen (secondary N) is 2. The molecule has 0 radical (unpaired) electrons. The largest absolute Gasteiger partial charge is 0.629 e. The van der Waals surface area contributed by atoms with Gasteiger partial charge in [0, 0.05) is 25.3 Å². The normalized spacial score (nSPS) is 18.6. The fourth-order valence-corrected chi connectivity index (χ4v) is 2.85. The maximum absolute atomic E-state index is 12.1. The Bertz CT molecular complexity index is 540. The quantitative estimate of drug-likeness (QED) is 0.727. The molecular weight excluding hydrogens is 296 g/mol. The highest BCUT2D eigenvalue weighted by Gasteiger charge is 2.20. The first-order valence-corrected chi connectivity index (χ1v) is 8.39. The maximum Gasteiger partial charge on any atom is 0.262 e. The Morgan fingerprint density at radius 1 is 1.33 bits per heavy atom. The van der Waals surface area contributed by atoms with Gasteiger partial charge in [-0.3, -0.25) is 4.84 Å². The van der Waals surface area contributed by atoms with Gasteiger partial charge in [0.2, 0.25) is 0 Å². The highest BCUT2D eigenvalue weighted by Crippen LogP contribution is 2.14. The molecule has 0 saturated carbocycles. The van der Waals surface area contributed by atoms with E-state index >= 15 is 0 Å². The fraction of sp³-hybridized carbons (Fsp3) is 0.538. The van der Waals surface area contributed by atoms with E-state index in [0.29, 0.717) is 38.3 Å². The molecule has 1 atom stereocenters. The molecule has 0 aromatic heterocycles. The van der Waals surface area contributed by atoms with Gasteiger partial charge in [-0.15, -0.1) is 0 Å². The highest BCUT2D eigenvalue weighted by molar-refractivity contribution is 7.89. The van der Waals surface area contributed by atoms with Gasteiger partial charge in [0.15, 0.2) is 0 Å². The van der Waals surface area contributed by atoms with Gasteiger partial charge in [-0.05, 0) is 31.9 Å². The molecule has 7 nitrogen and oxygen atoms in total. The summed E-state index contributed by atoms with van der Waals surface area (Å²) in [4.78, 5) is 7.43. The van der Waals surface area contributed by atoms with Crippen molar-refractivity contribution < 1.29 is 23.1 Å². The molecule has 1 aromatic carbocycles. The standard InChI is InChI=1S/C13H20N2O5S/c1-2-15(16)11-3-5-13(6-4-11)21(17,18)14-20-12-7-9-19-10-8-12/h3-6,12,14-15H,2,7-10H2,1H3. The molecule has 1 unspecified atom stereocenters. The van der Waals surface area contributed by atoms with Crippen LogP contribution in [-0.4, -0.2) is 34.3 Å². The fourth-order valence-electron chi connectivity index (χ4n) is 2.00. The van der Waals surface area contributed by atoms with Crippen molar-refractivity contribution in [1.82, 2.24) is 4.89 Å². The summed E-state index contributed by atoms with van der Waals surface area (Å²) in [6.07, 6.45) is 1.15. The number of hydrogen-bond donors (Lipinski definition) is 2. The number of rotatable bonds is 6. The molecule has 8 heteroatoms. The Balaban J connectivity index is 1.98. The Morgan fingerprint density at radius 3 is 2.52 bits per heavy atom. The maximum atomic E-state index is 12.1. The van der Waals surface area contributed by atoms with Gasteiger partial charge in [-0.25, -0.2) is 8.42 Å². The van der Waals surface area contributed by atoms with E-state index in [9.17, 15) is 13.6 Å². The average Bonchev–Trinajstić information content (AvgIpc) is 2.53. The Hall–Kier alpha value is -1.03. The summed E-state index contributed by atoms with van der Waals surface area (Å²) in [7, 11) is -3.73. The third-order valence-corrected chi connectivity index (χ3v) is 4.51. The number of sulfonamides is 1. The predicted molar refractivity (Wildman–Crippen MR) is 76.2 cm³/mol. The lowest BCUT2D eigenvalue weighted by atomic mass is 10.2. The average molecular weight is 316 g/mol. The van der Waals surface area contributed by atoms with Crippen LogP contribution in [0, 0.1) is 5.21 Å². The number of benzene rings is 1. The van der Waals surface area contributed by atoms with Gasteiger partial charge in [0.05, 0.1) is 17.5 Å². The van der Waals surface area contributed by atoms with Crippen molar-refractivity contribution in [3.05, 3.63) is 29.5 Å². The Kier molecular flexibility index (Phi) is 5.68. The summed E-state index contributed by atoms with van der Waals surface area (Å²) in [5, 5.41) is 11.5. The van der Waals surface area contributed by atoms with E-state index in [1.807, 2.05) is 0 Å². The minimum absolute atomic E-state index is 0.0228. The van der Waals surface area contributed by atoms with Crippen LogP contribution >= 0.6 is 0 Å². The zero-order valence-electron chi connectivity index (χ0n) is 11.9. The number of ether oxygens (including phenoxy) is 1. The molecule has 1 aliphatic rings. The molecule has 0 amide bonds. The van der Waals surface area contributed by atoms with Crippen LogP contribution in [0.25, 0.3) is 0 Å². The zero-order valence-corrected chi connectivity index (χ0v) is 12.7. The molecule has 1 aromatic rings. The molecule has 2 N–H and O–H groups in total. The second-order valence-electron chi connectivity index (χ2n) is 4.82. The molecule has 0 spiro atoms. The van der Waals surface area contributed by atoms with Crippen LogP contribution in [-0.2, 0) is 19.6 Å². The van der Waals surface area contributed by atoms with Gasteiger partial charge >= 0.3 is 0 Å². The van der Waals surface area contributed by atoms with Crippen molar-refractivity contribution in [3.63, 3.8) is 0 Å². The molecule has 0 aliphatic carbocycles. The van der Waals surface area contributed by atoms with Crippen LogP contribution in [0.1, 0.15) is 19.8 Å². The third-order valence-electron chi connectivity index (χ3n) is 3.30. The first kappa shape index (κ1) is 16.3. The molecule has 1 heterocycles. The topological polar surface area (TPSA) is 92.1 Å². The summed E-state index contributed by atoms with van der Waals surface area (Å²) in [5.74, 6) is 0. The second kappa shape index (κ2) is 7.30. The van der Waals surface area contributed by atoms with Gasteiger partial charge in [0.1, 0.15) is 5.69 Å². The molecule has 118 valence electrons. The van der Waals surface area contributed by atoms with Crippen LogP contribution in [0.3, 0.4) is 0 Å². The molecular formula is C13H20N2O5S. The molecule has 1 aliphatic heterocycles. The Morgan fingerprint density at radius 2 is 1.95 bits per heavy atom. The third kappa shape index (κ3) is 4.47. The van der Waals surface area contributed by atoms with Crippen molar-refractivity contribution in [3.8, 4) is 0 Å². The second-order valence-corrected chi connectivity index (χ2v) is 6.46. The first-order chi connectivity index (χ1) is 10.0. The van der Waals surface area contributed by atoms with Crippen molar-refractivity contribution in [2.45, 2.75) is 30.8 Å². The molecule has 2 rings (SSSR count). The lowest BCUT2D eigenvalue weighted by molar-refractivity contribution is -0.773. The van der Waals surface area contributed by atoms with Crippen LogP contribution in [0.15, 0.2) is 29.2 Å². The Labute approximate surface area is 124 Å². The summed E-state index contributed by atoms with van der Waals surface area (Å²) in [6, 6.07) is 5.82. The van der Waals surface area contributed by atoms with Gasteiger partial charge in [0.25, 0.3) is 10.0 Å². The minimum atomic E-state index is -3.73. The van der Waals surface area contributed by atoms with Crippen LogP contribution < -0.4 is 9.95 Å². The summed E-state index contributed by atoms with van der Waals surface area (Å²) >= 11 is 0. The molecule has 1 fully saturated rings. The lowest BCUT2D eigenvalue weighted by Gasteiger charge is -2.22. The minimum Gasteiger partial charge on any atom is -0.629 e. The zero-order chi connectivity index (χ0) is 15.3. The van der Waals surface area contributed by atoms with E-state index < -0.39 is 10.0 Å². The van der Waals surface area contributed by atoms with E-state index in [0.717, 1.165) is 0 Å². The van der Waals surface area contributed by atoms with Crippen LogP contribution in [0.2, 0.25) is 0 Å². The molecule has 0 bridgehead atoms. The van der Waals surface area contributed by atoms with E-state index in [2.05, 4.69) is 4.89 Å². The van der Waals surface area contributed by atoms with Crippen molar-refractivity contribution in [1.29, 1.82) is 0 Å². The van der Waals surface area contributed by atoms with E-state index in [1.165, 1.54) is 24.3 Å². The van der Waals surface area contributed by atoms with Crippen molar-refractivity contribution in [2.75, 3.05) is 19.8 Å². The number of quaternary nitrogens is 1. The van der Waals surface area contributed by atoms with Crippen LogP contribution in [0.4, 0.5) is 5.69 Å². The van der Waals surface area contributed by atoms with E-state index in [4.69, 9.17) is 9.57 Å². The lowest BCUT2D eigenvalue weighted by Crippen LogP contribution is -3.01. The molecule has 1 saturated heterocycles. The van der Waals surface area contributed by atoms with Gasteiger partial charge in [-0.1, -0.05) is 4.89 Å². The summed E-state index contributed by atoms with van der Waals surface area (Å²) in [5.41, 5.74) is 0.502. The van der Waals surface area contributed by atoms with Crippen molar-refractivity contribution >= 4 is 15.7 Å². The van der Waals surface area contributed by atoms with E-state index in [-0.39, 0.29) is 16.1 Å². The highest BCUT2D eigenvalue weighted by atomic mass is 32.2. The number of hydrogen-bond acceptors (Lipinski definition) is 5. The summed E-state index contributed by atoms with van der Waals surface area (Å²) < 4.78 is 29.3. The SMILES string of the molecule is CC[NH+]([O-])c1ccc(S(=O)(=O)NOC2CCOCC2)cc1. The monoisotopic (exact) mass is 316 g/mol. The summed E-state index contributed by atoms with van der Waals surface area (Å²) in [6.45, 7) is 3.29. The molecule has 21 heavy (non-hydrogen) atoms. The van der Waals surface area contributed by atoms with Gasteiger partial charge in [-0.2, -0.15) is 0 Å². The van der Waals surface area contributed by atoms with Crippen molar-refractivity contribution in [2.24, 2.45) is 0 Å². The van der Waals surface area contributed by atoms with E-state index in [1.54, 1.807) is 6.92 Å². The number of hydroxylamine groups is 1. The van der Waals surface area contributed by atoms with Crippen LogP contribution in [0.5, 0.6) is 0 Å². The first-order valence-electron chi connectivity index (χ1n) is 6.91.